The van der Waals surface area contributed by atoms with Gasteiger partial charge in [0, 0.05) is 32.7 Å². The number of nitriles is 3. The van der Waals surface area contributed by atoms with E-state index in [4.69, 9.17) is 19.7 Å². The monoisotopic (exact) mass is 1010 g/mol. The summed E-state index contributed by atoms with van der Waals surface area (Å²) in [6.07, 6.45) is -4.81. The van der Waals surface area contributed by atoms with E-state index in [1.807, 2.05) is 118 Å². The maximum atomic E-state index is 15.0. The van der Waals surface area contributed by atoms with Gasteiger partial charge in [0.05, 0.1) is 82.0 Å². The van der Waals surface area contributed by atoms with Gasteiger partial charge in [0.25, 0.3) is 0 Å². The van der Waals surface area contributed by atoms with Gasteiger partial charge in [-0.25, -0.2) is 14.5 Å². The second-order valence-electron chi connectivity index (χ2n) is 18.7. The van der Waals surface area contributed by atoms with E-state index in [0.717, 1.165) is 78.2 Å². The fourth-order valence-corrected chi connectivity index (χ4v) is 10.5. The van der Waals surface area contributed by atoms with Gasteiger partial charge in [-0.2, -0.15) is 29.0 Å². The zero-order valence-electron chi connectivity index (χ0n) is 40.8. The van der Waals surface area contributed by atoms with Crippen LogP contribution in [0.1, 0.15) is 22.3 Å². The van der Waals surface area contributed by atoms with Crippen molar-refractivity contribution in [3.8, 4) is 85.2 Å². The first-order valence-corrected chi connectivity index (χ1v) is 24.3. The Morgan fingerprint density at radius 1 is 0.346 bits per heavy atom. The van der Waals surface area contributed by atoms with Gasteiger partial charge in [-0.05, 0) is 153 Å². The molecule has 2 aromatic heterocycles. The van der Waals surface area contributed by atoms with E-state index in [1.165, 1.54) is 6.07 Å². The van der Waals surface area contributed by atoms with Crippen molar-refractivity contribution in [1.29, 1.82) is 15.8 Å². The Balaban J connectivity index is 1.16. The lowest BCUT2D eigenvalue weighted by Crippen LogP contribution is -2.06. The van der Waals surface area contributed by atoms with Crippen molar-refractivity contribution in [3.05, 3.63) is 257 Å². The Hall–Kier alpha value is -11.5. The van der Waals surface area contributed by atoms with Crippen molar-refractivity contribution >= 4 is 60.7 Å². The molecular weight excluding hydrogens is 974 g/mol. The summed E-state index contributed by atoms with van der Waals surface area (Å²) >= 11 is 0. The van der Waals surface area contributed by atoms with E-state index < -0.39 is 11.7 Å². The second kappa shape index (κ2) is 18.8. The molecule has 0 saturated carbocycles. The van der Waals surface area contributed by atoms with Crippen LogP contribution in [-0.4, -0.2) is 9.13 Å². The molecule has 12 rings (SSSR count). The Morgan fingerprint density at radius 2 is 0.705 bits per heavy atom. The molecule has 0 amide bonds. The smallest absolute Gasteiger partial charge is 0.309 e. The molecule has 362 valence electrons. The van der Waals surface area contributed by atoms with Crippen LogP contribution in [0.4, 0.5) is 30.2 Å². The third-order valence-corrected chi connectivity index (χ3v) is 14.3. The molecule has 10 aromatic carbocycles. The van der Waals surface area contributed by atoms with Gasteiger partial charge in [-0.15, -0.1) is 0 Å². The van der Waals surface area contributed by atoms with Crippen LogP contribution in [0, 0.1) is 53.7 Å². The number of alkyl halides is 3. The number of rotatable bonds is 7. The number of aromatic nitrogens is 2. The van der Waals surface area contributed by atoms with Gasteiger partial charge < -0.3 is 9.13 Å². The third-order valence-electron chi connectivity index (χ3n) is 14.3. The molecule has 0 aliphatic carbocycles. The molecule has 0 spiro atoms. The average Bonchev–Trinajstić information content (AvgIpc) is 4.12. The fourth-order valence-electron chi connectivity index (χ4n) is 10.5. The maximum Gasteiger partial charge on any atom is 0.415 e. The molecule has 11 heteroatoms. The minimum atomic E-state index is -4.81. The van der Waals surface area contributed by atoms with Gasteiger partial charge in [-0.3, -0.25) is 0 Å². The van der Waals surface area contributed by atoms with Crippen molar-refractivity contribution in [2.24, 2.45) is 0 Å². The van der Waals surface area contributed by atoms with Crippen molar-refractivity contribution in [2.75, 3.05) is 0 Å². The molecule has 0 saturated heterocycles. The lowest BCUT2D eigenvalue weighted by Gasteiger charge is -2.20. The molecule has 2 heterocycles. The lowest BCUT2D eigenvalue weighted by atomic mass is 9.96. The molecule has 0 atom stereocenters. The molecule has 0 radical (unpaired) electrons. The molecule has 0 unspecified atom stereocenters. The normalized spacial score (nSPS) is 11.2. The van der Waals surface area contributed by atoms with Crippen LogP contribution in [0.15, 0.2) is 200 Å². The van der Waals surface area contributed by atoms with Gasteiger partial charge in [0.1, 0.15) is 6.07 Å². The van der Waals surface area contributed by atoms with Crippen LogP contribution in [-0.2, 0) is 6.18 Å². The van der Waals surface area contributed by atoms with Crippen LogP contribution in [0.5, 0.6) is 0 Å². The SMILES string of the molecule is [C-]#[N+]c1ccc(-c2ccc3c(c2)c2cc(-c4ccc([N+]#[C-])cc4)ccc2n3-c2cc(-c3cc([N+]#[C-])cc(C(F)(F)F)c3)c(-n3c4ccc(-c5ccc(C#N)cc5)cc4c4cc(-c5ccc(C#N)cc5)ccc43)cc2C#N)cc1. The quantitative estimate of drug-likeness (QED) is 0.149. The molecule has 0 bridgehead atoms. The summed E-state index contributed by atoms with van der Waals surface area (Å²) in [5, 5.41) is 33.8. The van der Waals surface area contributed by atoms with E-state index in [1.54, 1.807) is 60.7 Å². The highest BCUT2D eigenvalue weighted by Crippen LogP contribution is 2.45. The van der Waals surface area contributed by atoms with E-state index in [0.29, 0.717) is 61.5 Å². The van der Waals surface area contributed by atoms with Gasteiger partial charge in [-0.1, -0.05) is 97.1 Å². The molecule has 78 heavy (non-hydrogen) atoms. The topological polar surface area (TPSA) is 94.3 Å². The Kier molecular flexibility index (Phi) is 11.4. The Bertz CT molecular complexity index is 4520. The molecule has 0 N–H and O–H groups in total. The number of halogens is 3. The zero-order chi connectivity index (χ0) is 53.8. The highest BCUT2D eigenvalue weighted by molar-refractivity contribution is 6.14. The molecule has 0 fully saturated rings. The predicted molar refractivity (Wildman–Crippen MR) is 300 cm³/mol. The largest absolute Gasteiger partial charge is 0.415 e. The van der Waals surface area contributed by atoms with Gasteiger partial charge in [0.2, 0.25) is 0 Å². The van der Waals surface area contributed by atoms with Crippen molar-refractivity contribution in [1.82, 2.24) is 9.13 Å². The first-order valence-electron chi connectivity index (χ1n) is 24.3. The van der Waals surface area contributed by atoms with E-state index in [-0.39, 0.29) is 16.8 Å². The number of nitrogens with zero attached hydrogens (tertiary/aromatic N) is 8. The van der Waals surface area contributed by atoms with E-state index in [2.05, 4.69) is 44.9 Å². The van der Waals surface area contributed by atoms with E-state index >= 15 is 0 Å². The molecule has 0 aliphatic rings. The molecular formula is C67H33F3N8. The first kappa shape index (κ1) is 47.5. The average molecular weight is 1010 g/mol. The number of fused-ring (bicyclic) bond motifs is 6. The fraction of sp³-hybridized carbons (Fsp3) is 0.0149. The van der Waals surface area contributed by atoms with Crippen LogP contribution in [0.25, 0.3) is 125 Å². The van der Waals surface area contributed by atoms with Crippen LogP contribution in [0.3, 0.4) is 0 Å². The summed E-state index contributed by atoms with van der Waals surface area (Å²) in [5.74, 6) is 0. The van der Waals surface area contributed by atoms with Crippen LogP contribution in [0.2, 0.25) is 0 Å². The zero-order valence-corrected chi connectivity index (χ0v) is 40.8. The lowest BCUT2D eigenvalue weighted by molar-refractivity contribution is -0.137. The predicted octanol–water partition coefficient (Wildman–Crippen LogP) is 18.5. The summed E-state index contributed by atoms with van der Waals surface area (Å²) in [5.41, 5.74) is 11.9. The van der Waals surface area contributed by atoms with Crippen molar-refractivity contribution in [3.63, 3.8) is 0 Å². The second-order valence-corrected chi connectivity index (χ2v) is 18.7. The molecule has 12 aromatic rings. The summed E-state index contributed by atoms with van der Waals surface area (Å²) in [6, 6.07) is 66.5. The number of hydrogen-bond donors (Lipinski definition) is 0. The highest BCUT2D eigenvalue weighted by Gasteiger charge is 2.32. The van der Waals surface area contributed by atoms with Gasteiger partial charge in [0.15, 0.2) is 17.1 Å². The Morgan fingerprint density at radius 3 is 1.05 bits per heavy atom. The summed E-state index contributed by atoms with van der Waals surface area (Å²) in [6.45, 7) is 23.0. The first-order chi connectivity index (χ1) is 38.0. The van der Waals surface area contributed by atoms with Gasteiger partial charge >= 0.3 is 6.18 Å². The number of benzene rings is 10. The maximum absolute atomic E-state index is 15.0. The summed E-state index contributed by atoms with van der Waals surface area (Å²) in [4.78, 5) is 10.6. The molecule has 8 nitrogen and oxygen atoms in total. The van der Waals surface area contributed by atoms with E-state index in [9.17, 15) is 29.0 Å². The minimum absolute atomic E-state index is 0.103. The van der Waals surface area contributed by atoms with Crippen molar-refractivity contribution < 1.29 is 13.2 Å². The van der Waals surface area contributed by atoms with Crippen molar-refractivity contribution in [2.45, 2.75) is 6.18 Å². The minimum Gasteiger partial charge on any atom is -0.309 e. The van der Waals surface area contributed by atoms with Crippen LogP contribution >= 0.6 is 0 Å². The molecule has 0 aliphatic heterocycles. The standard InChI is InChI=1S/C67H33F3N8/c1-74-53-20-12-44(13-21-53)48-16-24-61-57(32-48)58-33-49(45-14-22-54(75-2)23-15-45)17-25-62(58)77(61)65-36-56(50-28-52(67(68,69)70)35-55(29-50)76-3)66(34-51(65)39-73)78-63-26-18-46(42-8-4-40(37-71)5-9-42)30-59(63)60-31-47(19-27-64(60)78)43-10-6-41(38-72)7-11-43/h4-36H. The summed E-state index contributed by atoms with van der Waals surface area (Å²) < 4.78 is 48.8. The highest BCUT2D eigenvalue weighted by atomic mass is 19.4. The number of hydrogen-bond acceptors (Lipinski definition) is 3. The summed E-state index contributed by atoms with van der Waals surface area (Å²) in [7, 11) is 0. The Labute approximate surface area is 444 Å². The third kappa shape index (κ3) is 8.17. The van der Waals surface area contributed by atoms with Crippen LogP contribution < -0.4 is 0 Å².